The van der Waals surface area contributed by atoms with Crippen LogP contribution in [0.25, 0.3) is 0 Å². The standard InChI is InChI=1S/C20H26N2O2S.C4H5NS.C2H6O.C2H6/c1-3-4-6-15-8-9-16(13-18(15)24-2)20(23)22-11-5-7-17(22)14-19-21-10-12-25-19;1-4-2-5-3-6-4;1-3-2;1-2/h8-10,12-13,17H,3-7,11,14H2,1-2H3;2-3H,1H3;1-2H3;1-2H3. The lowest BCUT2D eigenvalue weighted by atomic mass is 10.0. The van der Waals surface area contributed by atoms with Crippen LogP contribution in [0.4, 0.5) is 0 Å². The van der Waals surface area contributed by atoms with Crippen molar-refractivity contribution >= 4 is 28.6 Å². The minimum atomic E-state index is 0.111. The fourth-order valence-electron chi connectivity index (χ4n) is 3.77. The maximum absolute atomic E-state index is 13.0. The normalized spacial score (nSPS) is 14.0. The molecule has 3 heterocycles. The van der Waals surface area contributed by atoms with Gasteiger partial charge in [0.2, 0.25) is 0 Å². The molecule has 1 aliphatic heterocycles. The molecule has 1 aromatic carbocycles. The minimum Gasteiger partial charge on any atom is -0.496 e. The van der Waals surface area contributed by atoms with Gasteiger partial charge in [0, 0.05) is 61.4 Å². The second kappa shape index (κ2) is 18.9. The van der Waals surface area contributed by atoms with Crippen molar-refractivity contribution in [1.82, 2.24) is 14.9 Å². The van der Waals surface area contributed by atoms with Gasteiger partial charge >= 0.3 is 0 Å². The summed E-state index contributed by atoms with van der Waals surface area (Å²) in [6.07, 6.45) is 9.93. The topological polar surface area (TPSA) is 64.6 Å². The summed E-state index contributed by atoms with van der Waals surface area (Å²) in [5.41, 5.74) is 3.74. The highest BCUT2D eigenvalue weighted by Crippen LogP contribution is 2.27. The largest absolute Gasteiger partial charge is 0.496 e. The summed E-state index contributed by atoms with van der Waals surface area (Å²) in [6, 6.07) is 6.17. The Kier molecular flexibility index (Phi) is 16.7. The number of unbranched alkanes of at least 4 members (excludes halogenated alkanes) is 1. The molecule has 0 saturated carbocycles. The minimum absolute atomic E-state index is 0.111. The van der Waals surface area contributed by atoms with Crippen molar-refractivity contribution in [3.8, 4) is 5.75 Å². The second-order valence-electron chi connectivity index (χ2n) is 8.08. The van der Waals surface area contributed by atoms with Crippen LogP contribution in [0.3, 0.4) is 0 Å². The van der Waals surface area contributed by atoms with E-state index in [9.17, 15) is 4.79 Å². The summed E-state index contributed by atoms with van der Waals surface area (Å²) in [5, 5.41) is 3.10. The first-order valence-electron chi connectivity index (χ1n) is 12.6. The van der Waals surface area contributed by atoms with E-state index in [0.717, 1.165) is 61.4 Å². The molecule has 1 amide bonds. The monoisotopic (exact) mass is 533 g/mol. The summed E-state index contributed by atoms with van der Waals surface area (Å²) < 4.78 is 9.78. The third-order valence-corrected chi connectivity index (χ3v) is 6.93. The Labute approximate surface area is 225 Å². The summed E-state index contributed by atoms with van der Waals surface area (Å²) in [4.78, 5) is 24.5. The van der Waals surface area contributed by atoms with Gasteiger partial charge in [-0.15, -0.1) is 22.7 Å². The van der Waals surface area contributed by atoms with Gasteiger partial charge in [0.05, 0.1) is 17.6 Å². The number of carbonyl (C=O) groups is 1. The van der Waals surface area contributed by atoms with Crippen LogP contribution in [0.15, 0.2) is 41.5 Å². The third-order valence-electron chi connectivity index (χ3n) is 5.42. The van der Waals surface area contributed by atoms with Gasteiger partial charge in [0.25, 0.3) is 5.91 Å². The summed E-state index contributed by atoms with van der Waals surface area (Å²) in [5.74, 6) is 0.939. The molecule has 4 rings (SSSR count). The molecule has 0 bridgehead atoms. The van der Waals surface area contributed by atoms with E-state index in [1.54, 1.807) is 44.0 Å². The number of thiazole rings is 2. The predicted octanol–water partition coefficient (Wildman–Crippen LogP) is 7.08. The molecule has 6 nitrogen and oxygen atoms in total. The van der Waals surface area contributed by atoms with E-state index in [2.05, 4.69) is 21.6 Å². The first-order chi connectivity index (χ1) is 17.5. The van der Waals surface area contributed by atoms with Crippen LogP contribution >= 0.6 is 22.7 Å². The Bertz CT molecular complexity index is 947. The van der Waals surface area contributed by atoms with E-state index in [-0.39, 0.29) is 11.9 Å². The molecule has 0 N–H and O–H groups in total. The Hall–Kier alpha value is -2.29. The fraction of sp³-hybridized carbons (Fsp3) is 0.536. The van der Waals surface area contributed by atoms with Crippen molar-refractivity contribution in [1.29, 1.82) is 0 Å². The number of aromatic nitrogens is 2. The molecule has 2 aromatic heterocycles. The van der Waals surface area contributed by atoms with Crippen LogP contribution in [-0.4, -0.2) is 54.7 Å². The van der Waals surface area contributed by atoms with Crippen LogP contribution < -0.4 is 4.74 Å². The quantitative estimate of drug-likeness (QED) is 0.325. The van der Waals surface area contributed by atoms with Gasteiger partial charge in [-0.25, -0.2) is 4.98 Å². The van der Waals surface area contributed by atoms with E-state index in [4.69, 9.17) is 4.74 Å². The van der Waals surface area contributed by atoms with E-state index in [0.29, 0.717) is 0 Å². The van der Waals surface area contributed by atoms with Crippen molar-refractivity contribution < 1.29 is 14.3 Å². The number of rotatable bonds is 7. The number of nitrogens with zero attached hydrogens (tertiary/aromatic N) is 3. The Morgan fingerprint density at radius 2 is 1.94 bits per heavy atom. The van der Waals surface area contributed by atoms with Gasteiger partial charge in [-0.05, 0) is 50.3 Å². The molecule has 3 aromatic rings. The van der Waals surface area contributed by atoms with Gasteiger partial charge in [-0.3, -0.25) is 9.78 Å². The van der Waals surface area contributed by atoms with Gasteiger partial charge in [-0.1, -0.05) is 33.3 Å². The molecular formula is C28H43N3O3S2. The zero-order chi connectivity index (χ0) is 26.8. The second-order valence-corrected chi connectivity index (χ2v) is 10.1. The van der Waals surface area contributed by atoms with Gasteiger partial charge in [0.1, 0.15) is 5.75 Å². The summed E-state index contributed by atoms with van der Waals surface area (Å²) in [7, 11) is 4.93. The lowest BCUT2D eigenvalue weighted by Gasteiger charge is -2.24. The predicted molar refractivity (Wildman–Crippen MR) is 153 cm³/mol. The van der Waals surface area contributed by atoms with E-state index in [1.165, 1.54) is 10.4 Å². The number of ether oxygens (including phenoxy) is 2. The van der Waals surface area contributed by atoms with Gasteiger partial charge in [0.15, 0.2) is 0 Å². The average molecular weight is 534 g/mol. The average Bonchev–Trinajstić information content (AvgIpc) is 3.69. The molecule has 1 saturated heterocycles. The Morgan fingerprint density at radius 1 is 1.19 bits per heavy atom. The van der Waals surface area contributed by atoms with Crippen LogP contribution in [-0.2, 0) is 17.6 Å². The molecule has 8 heteroatoms. The van der Waals surface area contributed by atoms with E-state index in [1.807, 2.05) is 67.2 Å². The Balaban J connectivity index is 0.000000494. The zero-order valence-electron chi connectivity index (χ0n) is 23.0. The van der Waals surface area contributed by atoms with Crippen LogP contribution in [0.2, 0.25) is 0 Å². The highest BCUT2D eigenvalue weighted by Gasteiger charge is 2.30. The number of likely N-dealkylation sites (tertiary alicyclic amines) is 1. The molecule has 1 fully saturated rings. The number of hydrogen-bond acceptors (Lipinski definition) is 7. The molecule has 0 aliphatic carbocycles. The maximum atomic E-state index is 13.0. The maximum Gasteiger partial charge on any atom is 0.254 e. The summed E-state index contributed by atoms with van der Waals surface area (Å²) >= 11 is 3.33. The number of methoxy groups -OCH3 is 2. The zero-order valence-corrected chi connectivity index (χ0v) is 24.6. The van der Waals surface area contributed by atoms with Gasteiger partial charge < -0.3 is 14.4 Å². The third kappa shape index (κ3) is 10.8. The first kappa shape index (κ1) is 31.7. The highest BCUT2D eigenvalue weighted by molar-refractivity contribution is 7.09. The molecule has 0 spiro atoms. The van der Waals surface area contributed by atoms with Crippen molar-refractivity contribution in [2.75, 3.05) is 27.9 Å². The lowest BCUT2D eigenvalue weighted by molar-refractivity contribution is 0.0736. The highest BCUT2D eigenvalue weighted by atomic mass is 32.1. The van der Waals surface area contributed by atoms with Crippen molar-refractivity contribution in [3.63, 3.8) is 0 Å². The van der Waals surface area contributed by atoms with Crippen molar-refractivity contribution in [3.05, 3.63) is 62.5 Å². The lowest BCUT2D eigenvalue weighted by Crippen LogP contribution is -2.36. The molecule has 1 atom stereocenters. The first-order valence-corrected chi connectivity index (χ1v) is 14.4. The SMILES string of the molecule is CC.CCCCc1ccc(C(=O)N2CCCC2Cc2nccs2)cc1OC.COC.Cc1cncs1. The molecule has 1 aliphatic rings. The smallest absolute Gasteiger partial charge is 0.254 e. The Morgan fingerprint density at radius 3 is 2.47 bits per heavy atom. The van der Waals surface area contributed by atoms with Crippen LogP contribution in [0.1, 0.15) is 72.3 Å². The number of carbonyl (C=O) groups excluding carboxylic acids is 1. The van der Waals surface area contributed by atoms with Crippen LogP contribution in [0.5, 0.6) is 5.75 Å². The molecular weight excluding hydrogens is 490 g/mol. The molecule has 0 radical (unpaired) electrons. The molecule has 36 heavy (non-hydrogen) atoms. The fourth-order valence-corrected chi connectivity index (χ4v) is 4.87. The van der Waals surface area contributed by atoms with E-state index >= 15 is 0 Å². The number of amides is 1. The van der Waals surface area contributed by atoms with Crippen molar-refractivity contribution in [2.24, 2.45) is 0 Å². The van der Waals surface area contributed by atoms with Crippen LogP contribution in [0, 0.1) is 6.92 Å². The van der Waals surface area contributed by atoms with E-state index < -0.39 is 0 Å². The molecule has 1 unspecified atom stereocenters. The van der Waals surface area contributed by atoms with Crippen molar-refractivity contribution in [2.45, 2.75) is 72.3 Å². The summed E-state index contributed by atoms with van der Waals surface area (Å²) in [6.45, 7) is 9.05. The number of hydrogen-bond donors (Lipinski definition) is 0. The number of aryl methyl sites for hydroxylation is 2. The van der Waals surface area contributed by atoms with Gasteiger partial charge in [-0.2, -0.15) is 0 Å². The molecule has 200 valence electrons. The number of benzene rings is 1.